The van der Waals surface area contributed by atoms with Gasteiger partial charge in [-0.3, -0.25) is 19.2 Å². The molecular formula is C25H43NO11SSi. The Bertz CT molecular complexity index is 890. The first kappa shape index (κ1) is 34.9. The minimum absolute atomic E-state index is 0.0930. The maximum atomic E-state index is 12.0. The lowest BCUT2D eigenvalue weighted by atomic mass is 9.99. The molecule has 0 aromatic heterocycles. The van der Waals surface area contributed by atoms with Gasteiger partial charge in [-0.15, -0.1) is 0 Å². The summed E-state index contributed by atoms with van der Waals surface area (Å²) < 4.78 is 33.6. The average Bonchev–Trinajstić information content (AvgIpc) is 2.78. The molecule has 0 aromatic carbocycles. The molecule has 12 nitrogen and oxygen atoms in total. The topological polar surface area (TPSA) is 156 Å². The molecule has 1 fully saturated rings. The molecular weight excluding hydrogens is 550 g/mol. The van der Waals surface area contributed by atoms with E-state index in [0.29, 0.717) is 19.4 Å². The van der Waals surface area contributed by atoms with Crippen LogP contribution in [0.4, 0.5) is 0 Å². The largest absolute Gasteiger partial charge is 0.463 e. The minimum Gasteiger partial charge on any atom is -0.463 e. The molecule has 224 valence electrons. The van der Waals surface area contributed by atoms with E-state index in [9.17, 15) is 24.4 Å². The molecule has 1 heterocycles. The van der Waals surface area contributed by atoms with E-state index in [1.54, 1.807) is 0 Å². The van der Waals surface area contributed by atoms with Gasteiger partial charge in [0.2, 0.25) is 0 Å². The molecule has 0 spiro atoms. The van der Waals surface area contributed by atoms with Crippen molar-refractivity contribution in [1.29, 1.82) is 0 Å². The Kier molecular flexibility index (Phi) is 13.9. The Morgan fingerprint density at radius 1 is 0.872 bits per heavy atom. The number of hydrogen-bond acceptors (Lipinski definition) is 13. The van der Waals surface area contributed by atoms with Crippen LogP contribution in [0.1, 0.15) is 67.7 Å². The molecule has 0 unspecified atom stereocenters. The summed E-state index contributed by atoms with van der Waals surface area (Å²) in [5.41, 5.74) is -1.04. The number of oxime groups is 1. The number of carbonyl (C=O) groups excluding carboxylic acids is 4. The standard InChI is InChI=1S/C25H43NO11SSi/c1-15(27)32-14-19-21(34-16(2)28)22(35-17(3)29)23(36-18(4)30)24(37-19)38-20(26-31)12-10-11-13-33-39(8,9)25(5,6)7/h19,21-24,31H,10-14H2,1-9H3/b26-20-/t19-,21-,22+,23-,24+/m1/s1. The maximum absolute atomic E-state index is 12.0. The fourth-order valence-corrected chi connectivity index (χ4v) is 5.68. The number of unbranched alkanes of at least 4 members (excludes halogenated alkanes) is 1. The molecule has 0 amide bonds. The summed E-state index contributed by atoms with van der Waals surface area (Å²) in [5.74, 6) is -2.73. The van der Waals surface area contributed by atoms with E-state index in [0.717, 1.165) is 32.0 Å². The van der Waals surface area contributed by atoms with Gasteiger partial charge in [0.25, 0.3) is 0 Å². The SMILES string of the molecule is CC(=O)OC[C@H]1O[C@@H](S/C(CCCCO[Si](C)(C)C(C)(C)C)=N\O)[C@H](OC(C)=O)[C@@H](OC(C)=O)[C@@H]1OC(C)=O. The number of esters is 4. The molecule has 1 saturated heterocycles. The summed E-state index contributed by atoms with van der Waals surface area (Å²) in [4.78, 5) is 47.3. The Morgan fingerprint density at radius 3 is 1.90 bits per heavy atom. The second kappa shape index (κ2) is 15.6. The molecule has 1 rings (SSSR count). The number of rotatable bonds is 12. The van der Waals surface area contributed by atoms with Crippen molar-refractivity contribution in [3.05, 3.63) is 0 Å². The summed E-state index contributed by atoms with van der Waals surface area (Å²) >= 11 is 0.970. The highest BCUT2D eigenvalue weighted by atomic mass is 32.2. The van der Waals surface area contributed by atoms with E-state index in [1.807, 2.05) is 0 Å². The molecule has 5 atom stereocenters. The van der Waals surface area contributed by atoms with Crippen LogP contribution < -0.4 is 0 Å². The molecule has 1 N–H and O–H groups in total. The van der Waals surface area contributed by atoms with Crippen molar-refractivity contribution in [3.8, 4) is 0 Å². The summed E-state index contributed by atoms with van der Waals surface area (Å²) in [5, 5.41) is 13.5. The Labute approximate surface area is 235 Å². The third-order valence-electron chi connectivity index (χ3n) is 6.37. The zero-order valence-electron chi connectivity index (χ0n) is 24.3. The van der Waals surface area contributed by atoms with Gasteiger partial charge < -0.3 is 33.3 Å². The first-order valence-electron chi connectivity index (χ1n) is 12.8. The highest BCUT2D eigenvalue weighted by molar-refractivity contribution is 8.14. The zero-order chi connectivity index (χ0) is 30.0. The molecule has 0 radical (unpaired) electrons. The van der Waals surface area contributed by atoms with Crippen molar-refractivity contribution in [2.24, 2.45) is 5.16 Å². The molecule has 1 aliphatic rings. The molecule has 0 bridgehead atoms. The van der Waals surface area contributed by atoms with E-state index in [-0.39, 0.29) is 16.7 Å². The van der Waals surface area contributed by atoms with Gasteiger partial charge in [0.1, 0.15) is 23.2 Å². The third-order valence-corrected chi connectivity index (χ3v) is 12.1. The maximum Gasteiger partial charge on any atom is 0.303 e. The van der Waals surface area contributed by atoms with Gasteiger partial charge in [0.05, 0.1) is 0 Å². The number of hydrogen-bond donors (Lipinski definition) is 1. The Balaban J connectivity index is 3.09. The van der Waals surface area contributed by atoms with Crippen molar-refractivity contribution in [1.82, 2.24) is 0 Å². The van der Waals surface area contributed by atoms with Gasteiger partial charge in [-0.2, -0.15) is 0 Å². The van der Waals surface area contributed by atoms with Crippen LogP contribution in [0.2, 0.25) is 18.1 Å². The normalized spacial score (nSPS) is 24.0. The second-order valence-electron chi connectivity index (χ2n) is 10.7. The van der Waals surface area contributed by atoms with Gasteiger partial charge in [0, 0.05) is 34.3 Å². The first-order chi connectivity index (χ1) is 18.0. The van der Waals surface area contributed by atoms with E-state index in [1.165, 1.54) is 13.8 Å². The van der Waals surface area contributed by atoms with Crippen LogP contribution in [0.15, 0.2) is 5.16 Å². The third kappa shape index (κ3) is 11.9. The van der Waals surface area contributed by atoms with E-state index in [2.05, 4.69) is 39.0 Å². The number of thioether (sulfide) groups is 1. The number of nitrogens with zero attached hydrogens (tertiary/aromatic N) is 1. The van der Waals surface area contributed by atoms with Gasteiger partial charge in [-0.05, 0) is 37.4 Å². The molecule has 0 aliphatic carbocycles. The molecule has 1 aliphatic heterocycles. The summed E-state index contributed by atoms with van der Waals surface area (Å²) in [6.07, 6.45) is -3.07. The fraction of sp³-hybridized carbons (Fsp3) is 0.800. The van der Waals surface area contributed by atoms with Gasteiger partial charge in [-0.1, -0.05) is 37.7 Å². The van der Waals surface area contributed by atoms with E-state index >= 15 is 0 Å². The minimum atomic E-state index is -1.88. The average molecular weight is 594 g/mol. The van der Waals surface area contributed by atoms with Crippen LogP contribution >= 0.6 is 11.8 Å². The first-order valence-corrected chi connectivity index (χ1v) is 16.6. The van der Waals surface area contributed by atoms with E-state index in [4.69, 9.17) is 28.1 Å². The number of ether oxygens (including phenoxy) is 5. The molecule has 14 heteroatoms. The van der Waals surface area contributed by atoms with Crippen LogP contribution in [0, 0.1) is 0 Å². The summed E-state index contributed by atoms with van der Waals surface area (Å²) in [6, 6.07) is 0. The van der Waals surface area contributed by atoms with Crippen molar-refractivity contribution in [2.45, 2.75) is 116 Å². The predicted molar refractivity (Wildman–Crippen MR) is 146 cm³/mol. The van der Waals surface area contributed by atoms with Crippen LogP contribution in [-0.2, 0) is 47.3 Å². The smallest absolute Gasteiger partial charge is 0.303 e. The van der Waals surface area contributed by atoms with Crippen LogP contribution in [0.3, 0.4) is 0 Å². The lowest BCUT2D eigenvalue weighted by molar-refractivity contribution is -0.237. The molecule has 0 aromatic rings. The predicted octanol–water partition coefficient (Wildman–Crippen LogP) is 3.78. The quantitative estimate of drug-likeness (QED) is 0.0511. The Hall–Kier alpha value is -2.16. The zero-order valence-corrected chi connectivity index (χ0v) is 26.1. The van der Waals surface area contributed by atoms with Crippen molar-refractivity contribution >= 4 is 49.0 Å². The molecule has 0 saturated carbocycles. The Morgan fingerprint density at radius 2 is 1.41 bits per heavy atom. The van der Waals surface area contributed by atoms with Gasteiger partial charge in [0.15, 0.2) is 26.6 Å². The second-order valence-corrected chi connectivity index (χ2v) is 16.7. The van der Waals surface area contributed by atoms with Crippen molar-refractivity contribution < 1.29 is 52.5 Å². The van der Waals surface area contributed by atoms with Crippen LogP contribution in [-0.4, -0.2) is 85.5 Å². The van der Waals surface area contributed by atoms with Crippen LogP contribution in [0.5, 0.6) is 0 Å². The van der Waals surface area contributed by atoms with Crippen molar-refractivity contribution in [3.63, 3.8) is 0 Å². The monoisotopic (exact) mass is 593 g/mol. The fourth-order valence-electron chi connectivity index (χ4n) is 3.47. The lowest BCUT2D eigenvalue weighted by Gasteiger charge is -2.44. The van der Waals surface area contributed by atoms with E-state index < -0.39 is 62.0 Å². The van der Waals surface area contributed by atoms with Gasteiger partial charge in [-0.25, -0.2) is 0 Å². The summed E-state index contributed by atoms with van der Waals surface area (Å²) in [7, 11) is -1.88. The van der Waals surface area contributed by atoms with Crippen molar-refractivity contribution in [2.75, 3.05) is 13.2 Å². The highest BCUT2D eigenvalue weighted by Gasteiger charge is 2.52. The lowest BCUT2D eigenvalue weighted by Crippen LogP contribution is -2.61. The van der Waals surface area contributed by atoms with Gasteiger partial charge >= 0.3 is 23.9 Å². The van der Waals surface area contributed by atoms with Crippen LogP contribution in [0.25, 0.3) is 0 Å². The highest BCUT2D eigenvalue weighted by Crippen LogP contribution is 2.37. The molecule has 39 heavy (non-hydrogen) atoms. The summed E-state index contributed by atoms with van der Waals surface area (Å²) in [6.45, 7) is 15.8. The number of carbonyl (C=O) groups is 4.